The Labute approximate surface area is 190 Å². The second-order valence-electron chi connectivity index (χ2n) is 8.85. The van der Waals surface area contributed by atoms with Crippen LogP contribution in [0.4, 0.5) is 19.0 Å². The Bertz CT molecular complexity index is 1080. The Kier molecular flexibility index (Phi) is 5.84. The number of alkyl halides is 3. The van der Waals surface area contributed by atoms with Crippen molar-refractivity contribution in [3.05, 3.63) is 52.7 Å². The van der Waals surface area contributed by atoms with Crippen molar-refractivity contribution in [2.45, 2.75) is 51.4 Å². The summed E-state index contributed by atoms with van der Waals surface area (Å²) in [4.78, 5) is 15.2. The van der Waals surface area contributed by atoms with Gasteiger partial charge in [-0.1, -0.05) is 37.3 Å². The van der Waals surface area contributed by atoms with Gasteiger partial charge in [0.1, 0.15) is 16.5 Å². The van der Waals surface area contributed by atoms with E-state index in [1.807, 2.05) is 13.0 Å². The van der Waals surface area contributed by atoms with Crippen LogP contribution < -0.4 is 4.90 Å². The first-order chi connectivity index (χ1) is 15.4. The fourth-order valence-corrected chi connectivity index (χ4v) is 6.19. The maximum Gasteiger partial charge on any atom is 0.393 e. The van der Waals surface area contributed by atoms with Crippen molar-refractivity contribution in [2.75, 3.05) is 24.5 Å². The maximum atomic E-state index is 13.0. The van der Waals surface area contributed by atoms with Crippen LogP contribution in [0.2, 0.25) is 0 Å². The van der Waals surface area contributed by atoms with Gasteiger partial charge in [0.2, 0.25) is 0 Å². The monoisotopic (exact) mass is 460 g/mol. The van der Waals surface area contributed by atoms with Gasteiger partial charge in [0, 0.05) is 37.0 Å². The summed E-state index contributed by atoms with van der Waals surface area (Å²) < 4.78 is 39.0. The first-order valence-corrected chi connectivity index (χ1v) is 12.1. The fourth-order valence-electron chi connectivity index (χ4n) is 5.12. The molecule has 2 unspecified atom stereocenters. The molecule has 2 atom stereocenters. The molecule has 5 rings (SSSR count). The number of halogens is 3. The number of rotatable bonds is 5. The summed E-state index contributed by atoms with van der Waals surface area (Å²) in [5.41, 5.74) is 1.32. The van der Waals surface area contributed by atoms with Crippen LogP contribution in [0.15, 0.2) is 36.4 Å². The highest BCUT2D eigenvalue weighted by molar-refractivity contribution is 7.18. The van der Waals surface area contributed by atoms with Crippen LogP contribution in [0, 0.1) is 5.92 Å². The molecule has 1 aromatic carbocycles. The van der Waals surface area contributed by atoms with E-state index < -0.39 is 12.6 Å². The lowest BCUT2D eigenvalue weighted by Gasteiger charge is -2.39. The van der Waals surface area contributed by atoms with Gasteiger partial charge in [0.25, 0.3) is 0 Å². The smallest absolute Gasteiger partial charge is 0.354 e. The Morgan fingerprint density at radius 3 is 2.62 bits per heavy atom. The number of likely N-dealkylation sites (tertiary alicyclic amines) is 1. The van der Waals surface area contributed by atoms with Gasteiger partial charge in [-0.25, -0.2) is 9.97 Å². The van der Waals surface area contributed by atoms with E-state index in [4.69, 9.17) is 4.98 Å². The molecule has 2 aliphatic rings. The van der Waals surface area contributed by atoms with E-state index in [1.54, 1.807) is 6.07 Å². The molecule has 4 nitrogen and oxygen atoms in total. The molecule has 0 spiro atoms. The van der Waals surface area contributed by atoms with Crippen LogP contribution in [-0.4, -0.2) is 46.7 Å². The van der Waals surface area contributed by atoms with Crippen molar-refractivity contribution >= 4 is 27.4 Å². The van der Waals surface area contributed by atoms with Gasteiger partial charge < -0.3 is 4.90 Å². The zero-order chi connectivity index (χ0) is 22.3. The number of hydrogen-bond donors (Lipinski definition) is 0. The molecule has 2 aliphatic heterocycles. The number of fused-ring (bicyclic) bond motifs is 2. The SMILES string of the molecule is CCc1nc(N2CCC3CCN(Cc4ccccc4)C3C2)c2cc(CC(F)(F)F)sc2n1. The molecule has 3 aromatic rings. The molecule has 0 N–H and O–H groups in total. The maximum absolute atomic E-state index is 13.0. The molecule has 2 fully saturated rings. The molecule has 0 saturated carbocycles. The summed E-state index contributed by atoms with van der Waals surface area (Å²) in [5.74, 6) is 2.17. The minimum Gasteiger partial charge on any atom is -0.354 e. The van der Waals surface area contributed by atoms with E-state index in [-0.39, 0.29) is 0 Å². The second kappa shape index (κ2) is 8.63. The summed E-state index contributed by atoms with van der Waals surface area (Å²) in [7, 11) is 0. The van der Waals surface area contributed by atoms with Crippen molar-refractivity contribution in [3.8, 4) is 0 Å². The number of piperidine rings is 1. The standard InChI is InChI=1S/C24H27F3N4S/c1-2-21-28-22(19-12-18(13-24(25,26)27)32-23(19)29-21)31-11-9-17-8-10-30(20(17)15-31)14-16-6-4-3-5-7-16/h3-7,12,17,20H,2,8-11,13-15H2,1H3. The summed E-state index contributed by atoms with van der Waals surface area (Å²) in [6.07, 6.45) is -2.18. The number of nitrogens with zero attached hydrogens (tertiary/aromatic N) is 4. The number of thiophene rings is 1. The third kappa shape index (κ3) is 4.48. The first-order valence-electron chi connectivity index (χ1n) is 11.3. The first kappa shape index (κ1) is 21.6. The lowest BCUT2D eigenvalue weighted by molar-refractivity contribution is -0.126. The molecule has 170 valence electrons. The van der Waals surface area contributed by atoms with Gasteiger partial charge in [0.15, 0.2) is 0 Å². The third-order valence-electron chi connectivity index (χ3n) is 6.67. The molecule has 0 bridgehead atoms. The number of aromatic nitrogens is 2. The van der Waals surface area contributed by atoms with Gasteiger partial charge >= 0.3 is 6.18 Å². The van der Waals surface area contributed by atoms with Gasteiger partial charge in [0.05, 0.1) is 11.8 Å². The number of benzene rings is 1. The van der Waals surface area contributed by atoms with Crippen molar-refractivity contribution < 1.29 is 13.2 Å². The van der Waals surface area contributed by atoms with Gasteiger partial charge in [-0.2, -0.15) is 13.2 Å². The highest BCUT2D eigenvalue weighted by Crippen LogP contribution is 2.38. The molecule has 2 aromatic heterocycles. The quantitative estimate of drug-likeness (QED) is 0.506. The third-order valence-corrected chi connectivity index (χ3v) is 7.70. The van der Waals surface area contributed by atoms with Crippen molar-refractivity contribution in [1.29, 1.82) is 0 Å². The van der Waals surface area contributed by atoms with E-state index in [1.165, 1.54) is 12.0 Å². The van der Waals surface area contributed by atoms with Crippen molar-refractivity contribution in [3.63, 3.8) is 0 Å². The normalized spacial score (nSPS) is 21.9. The minimum absolute atomic E-state index is 0.303. The molecule has 0 radical (unpaired) electrons. The lowest BCUT2D eigenvalue weighted by Crippen LogP contribution is -2.48. The molecule has 2 saturated heterocycles. The lowest BCUT2D eigenvalue weighted by atomic mass is 9.92. The van der Waals surface area contributed by atoms with E-state index in [0.29, 0.717) is 33.9 Å². The average molecular weight is 461 g/mol. The van der Waals surface area contributed by atoms with Crippen LogP contribution in [0.25, 0.3) is 10.2 Å². The molecule has 32 heavy (non-hydrogen) atoms. The Morgan fingerprint density at radius 2 is 1.88 bits per heavy atom. The predicted molar refractivity (Wildman–Crippen MR) is 122 cm³/mol. The van der Waals surface area contributed by atoms with Crippen molar-refractivity contribution in [1.82, 2.24) is 14.9 Å². The summed E-state index contributed by atoms with van der Waals surface area (Å²) >= 11 is 1.15. The van der Waals surface area contributed by atoms with Gasteiger partial charge in [-0.3, -0.25) is 4.90 Å². The van der Waals surface area contributed by atoms with E-state index in [2.05, 4.69) is 39.0 Å². The minimum atomic E-state index is -4.22. The highest BCUT2D eigenvalue weighted by Gasteiger charge is 2.39. The zero-order valence-electron chi connectivity index (χ0n) is 18.1. The average Bonchev–Trinajstić information content (AvgIpc) is 3.35. The number of anilines is 1. The van der Waals surface area contributed by atoms with Crippen LogP contribution in [0.5, 0.6) is 0 Å². The molecule has 4 heterocycles. The summed E-state index contributed by atoms with van der Waals surface area (Å²) in [6, 6.07) is 12.6. The molecule has 8 heteroatoms. The predicted octanol–water partition coefficient (Wildman–Crippen LogP) is 5.46. The van der Waals surface area contributed by atoms with Crippen LogP contribution in [0.3, 0.4) is 0 Å². The molecule has 0 amide bonds. The zero-order valence-corrected chi connectivity index (χ0v) is 18.9. The van der Waals surface area contributed by atoms with E-state index in [0.717, 1.165) is 55.1 Å². The van der Waals surface area contributed by atoms with Crippen LogP contribution >= 0.6 is 11.3 Å². The highest BCUT2D eigenvalue weighted by atomic mass is 32.1. The molecular weight excluding hydrogens is 433 g/mol. The van der Waals surface area contributed by atoms with Gasteiger partial charge in [-0.15, -0.1) is 11.3 Å². The summed E-state index contributed by atoms with van der Waals surface area (Å²) in [5, 5.41) is 0.762. The second-order valence-corrected chi connectivity index (χ2v) is 9.96. The Balaban J connectivity index is 1.43. The van der Waals surface area contributed by atoms with Crippen LogP contribution in [0.1, 0.15) is 36.0 Å². The number of hydrogen-bond acceptors (Lipinski definition) is 5. The fraction of sp³-hybridized carbons (Fsp3) is 0.500. The Hall–Kier alpha value is -2.19. The number of aryl methyl sites for hydroxylation is 1. The van der Waals surface area contributed by atoms with E-state index in [9.17, 15) is 13.2 Å². The molecular formula is C24H27F3N4S. The van der Waals surface area contributed by atoms with Gasteiger partial charge in [-0.05, 0) is 36.9 Å². The topological polar surface area (TPSA) is 32.3 Å². The largest absolute Gasteiger partial charge is 0.393 e. The molecule has 0 aliphatic carbocycles. The van der Waals surface area contributed by atoms with Crippen LogP contribution in [-0.2, 0) is 19.4 Å². The summed E-state index contributed by atoms with van der Waals surface area (Å²) in [6.45, 7) is 5.76. The van der Waals surface area contributed by atoms with Crippen molar-refractivity contribution in [2.24, 2.45) is 5.92 Å². The Morgan fingerprint density at radius 1 is 1.09 bits per heavy atom. The van der Waals surface area contributed by atoms with E-state index >= 15 is 0 Å².